The second-order valence-corrected chi connectivity index (χ2v) is 5.49. The average molecular weight is 261 g/mol. The number of hydrogen-bond donors (Lipinski definition) is 1. The van der Waals surface area contributed by atoms with Crippen LogP contribution in [-0.4, -0.2) is 51.1 Å². The summed E-state index contributed by atoms with van der Waals surface area (Å²) >= 11 is 0. The van der Waals surface area contributed by atoms with E-state index >= 15 is 0 Å². The monoisotopic (exact) mass is 261 g/mol. The van der Waals surface area contributed by atoms with E-state index < -0.39 is 0 Å². The summed E-state index contributed by atoms with van der Waals surface area (Å²) in [5.41, 5.74) is 1.85. The summed E-state index contributed by atoms with van der Waals surface area (Å²) in [6.45, 7) is 2.12. The van der Waals surface area contributed by atoms with Crippen LogP contribution < -0.4 is 10.2 Å². The van der Waals surface area contributed by atoms with Crippen LogP contribution in [0.1, 0.15) is 23.2 Å². The number of likely N-dealkylation sites (tertiary alicyclic amines) is 1. The molecule has 0 spiro atoms. The molecule has 0 saturated carbocycles. The second kappa shape index (κ2) is 6.06. The number of carbonyl (C=O) groups excluding carboxylic acids is 1. The van der Waals surface area contributed by atoms with Crippen molar-refractivity contribution in [1.82, 2.24) is 10.2 Å². The predicted molar refractivity (Wildman–Crippen MR) is 78.8 cm³/mol. The van der Waals surface area contributed by atoms with E-state index in [1.54, 1.807) is 0 Å². The molecule has 0 aromatic heterocycles. The largest absolute Gasteiger partial charge is 0.378 e. The number of benzene rings is 1. The zero-order valence-corrected chi connectivity index (χ0v) is 12.0. The quantitative estimate of drug-likeness (QED) is 0.897. The Kier molecular flexibility index (Phi) is 4.43. The van der Waals surface area contributed by atoms with Crippen molar-refractivity contribution in [2.75, 3.05) is 39.1 Å². The van der Waals surface area contributed by atoms with Crippen LogP contribution in [0.25, 0.3) is 0 Å². The van der Waals surface area contributed by atoms with Crippen LogP contribution in [-0.2, 0) is 0 Å². The van der Waals surface area contributed by atoms with E-state index in [0.29, 0.717) is 6.04 Å². The Morgan fingerprint density at radius 2 is 1.79 bits per heavy atom. The summed E-state index contributed by atoms with van der Waals surface area (Å²) in [5, 5.41) is 3.13. The molecule has 4 heteroatoms. The van der Waals surface area contributed by atoms with Crippen molar-refractivity contribution in [2.24, 2.45) is 0 Å². The summed E-state index contributed by atoms with van der Waals surface area (Å²) in [7, 11) is 6.11. The van der Waals surface area contributed by atoms with Crippen LogP contribution in [0.4, 0.5) is 5.69 Å². The average Bonchev–Trinajstić information content (AvgIpc) is 2.41. The van der Waals surface area contributed by atoms with Crippen LogP contribution in [0.15, 0.2) is 24.3 Å². The third-order valence-electron chi connectivity index (χ3n) is 3.70. The molecule has 0 unspecified atom stereocenters. The molecule has 4 nitrogen and oxygen atoms in total. The van der Waals surface area contributed by atoms with E-state index in [-0.39, 0.29) is 5.91 Å². The van der Waals surface area contributed by atoms with Crippen LogP contribution >= 0.6 is 0 Å². The summed E-state index contributed by atoms with van der Waals surface area (Å²) in [4.78, 5) is 16.5. The lowest BCUT2D eigenvalue weighted by atomic mass is 10.0. The minimum Gasteiger partial charge on any atom is -0.378 e. The van der Waals surface area contributed by atoms with E-state index in [9.17, 15) is 4.79 Å². The molecular formula is C15H23N3O. The smallest absolute Gasteiger partial charge is 0.251 e. The Morgan fingerprint density at radius 3 is 2.32 bits per heavy atom. The van der Waals surface area contributed by atoms with E-state index in [4.69, 9.17) is 0 Å². The first-order chi connectivity index (χ1) is 9.06. The normalized spacial score (nSPS) is 17.2. The van der Waals surface area contributed by atoms with Crippen LogP contribution in [0.3, 0.4) is 0 Å². The lowest BCUT2D eigenvalue weighted by Gasteiger charge is -2.29. The van der Waals surface area contributed by atoms with Gasteiger partial charge in [0.25, 0.3) is 5.91 Å². The molecule has 104 valence electrons. The fraction of sp³-hybridized carbons (Fsp3) is 0.533. The molecule has 1 saturated heterocycles. The molecule has 0 aliphatic carbocycles. The maximum absolute atomic E-state index is 12.1. The van der Waals surface area contributed by atoms with Gasteiger partial charge in [-0.25, -0.2) is 0 Å². The third-order valence-corrected chi connectivity index (χ3v) is 3.70. The number of hydrogen-bond acceptors (Lipinski definition) is 3. The minimum absolute atomic E-state index is 0.0415. The van der Waals surface area contributed by atoms with E-state index in [0.717, 1.165) is 37.2 Å². The highest BCUT2D eigenvalue weighted by Crippen LogP contribution is 2.13. The summed E-state index contributed by atoms with van der Waals surface area (Å²) in [6.07, 6.45) is 2.08. The minimum atomic E-state index is 0.0415. The van der Waals surface area contributed by atoms with Crippen molar-refractivity contribution < 1.29 is 4.79 Å². The molecule has 0 radical (unpaired) electrons. The van der Waals surface area contributed by atoms with Gasteiger partial charge in [-0.15, -0.1) is 0 Å². The van der Waals surface area contributed by atoms with Gasteiger partial charge in [0, 0.05) is 31.4 Å². The van der Waals surface area contributed by atoms with Gasteiger partial charge < -0.3 is 15.1 Å². The van der Waals surface area contributed by atoms with Crippen molar-refractivity contribution in [3.05, 3.63) is 29.8 Å². The standard InChI is InChI=1S/C15H23N3O/c1-17(2)14-6-4-12(5-7-14)15(19)16-13-8-10-18(3)11-9-13/h4-7,13H,8-11H2,1-3H3,(H,16,19). The first kappa shape index (κ1) is 13.9. The molecule has 1 N–H and O–H groups in total. The number of piperidine rings is 1. The van der Waals surface area contributed by atoms with Gasteiger partial charge in [-0.3, -0.25) is 4.79 Å². The maximum Gasteiger partial charge on any atom is 0.251 e. The molecule has 1 aromatic carbocycles. The lowest BCUT2D eigenvalue weighted by Crippen LogP contribution is -2.43. The van der Waals surface area contributed by atoms with Crippen molar-refractivity contribution in [2.45, 2.75) is 18.9 Å². The Morgan fingerprint density at radius 1 is 1.21 bits per heavy atom. The molecule has 0 bridgehead atoms. The molecule has 1 heterocycles. The lowest BCUT2D eigenvalue weighted by molar-refractivity contribution is 0.0917. The van der Waals surface area contributed by atoms with Crippen molar-refractivity contribution in [3.8, 4) is 0 Å². The maximum atomic E-state index is 12.1. The molecule has 1 aliphatic heterocycles. The van der Waals surface area contributed by atoms with Gasteiger partial charge in [-0.05, 0) is 57.2 Å². The van der Waals surface area contributed by atoms with E-state index in [2.05, 4.69) is 17.3 Å². The highest BCUT2D eigenvalue weighted by atomic mass is 16.1. The van der Waals surface area contributed by atoms with Gasteiger partial charge in [-0.1, -0.05) is 0 Å². The number of nitrogens with zero attached hydrogens (tertiary/aromatic N) is 2. The predicted octanol–water partition coefficient (Wildman–Crippen LogP) is 1.58. The molecule has 1 aromatic rings. The highest BCUT2D eigenvalue weighted by Gasteiger charge is 2.18. The van der Waals surface area contributed by atoms with Gasteiger partial charge >= 0.3 is 0 Å². The number of nitrogens with one attached hydrogen (secondary N) is 1. The molecule has 1 fully saturated rings. The van der Waals surface area contributed by atoms with E-state index in [1.807, 2.05) is 43.3 Å². The Hall–Kier alpha value is -1.55. The Bertz CT molecular complexity index is 420. The molecular weight excluding hydrogens is 238 g/mol. The first-order valence-electron chi connectivity index (χ1n) is 6.83. The molecule has 19 heavy (non-hydrogen) atoms. The summed E-state index contributed by atoms with van der Waals surface area (Å²) in [5.74, 6) is 0.0415. The fourth-order valence-corrected chi connectivity index (χ4v) is 2.33. The van der Waals surface area contributed by atoms with Crippen LogP contribution in [0, 0.1) is 0 Å². The summed E-state index contributed by atoms with van der Waals surface area (Å²) in [6, 6.07) is 8.05. The van der Waals surface area contributed by atoms with Crippen LogP contribution in [0.5, 0.6) is 0 Å². The van der Waals surface area contributed by atoms with Crippen molar-refractivity contribution in [3.63, 3.8) is 0 Å². The van der Waals surface area contributed by atoms with Gasteiger partial charge in [0.1, 0.15) is 0 Å². The van der Waals surface area contributed by atoms with E-state index in [1.165, 1.54) is 0 Å². The van der Waals surface area contributed by atoms with Gasteiger partial charge in [0.2, 0.25) is 0 Å². The number of amides is 1. The van der Waals surface area contributed by atoms with Crippen molar-refractivity contribution >= 4 is 11.6 Å². The molecule has 1 aliphatic rings. The van der Waals surface area contributed by atoms with Crippen LogP contribution in [0.2, 0.25) is 0 Å². The number of rotatable bonds is 3. The summed E-state index contributed by atoms with van der Waals surface area (Å²) < 4.78 is 0. The topological polar surface area (TPSA) is 35.6 Å². The SMILES string of the molecule is CN1CCC(NC(=O)c2ccc(N(C)C)cc2)CC1. The molecule has 1 amide bonds. The molecule has 0 atom stereocenters. The Balaban J connectivity index is 1.92. The zero-order chi connectivity index (χ0) is 13.8. The van der Waals surface area contributed by atoms with Gasteiger partial charge in [0.15, 0.2) is 0 Å². The Labute approximate surface area is 115 Å². The fourth-order valence-electron chi connectivity index (χ4n) is 2.33. The second-order valence-electron chi connectivity index (χ2n) is 5.49. The van der Waals surface area contributed by atoms with Gasteiger partial charge in [0.05, 0.1) is 0 Å². The van der Waals surface area contributed by atoms with Crippen molar-refractivity contribution in [1.29, 1.82) is 0 Å². The van der Waals surface area contributed by atoms with Gasteiger partial charge in [-0.2, -0.15) is 0 Å². The first-order valence-corrected chi connectivity index (χ1v) is 6.83. The number of anilines is 1. The zero-order valence-electron chi connectivity index (χ0n) is 12.0. The molecule has 2 rings (SSSR count). The third kappa shape index (κ3) is 3.70. The number of carbonyl (C=O) groups is 1. The highest BCUT2D eigenvalue weighted by molar-refractivity contribution is 5.94.